The summed E-state index contributed by atoms with van der Waals surface area (Å²) in [6.07, 6.45) is 0. The molecule has 3 heteroatoms. The minimum atomic E-state index is 0.161. The van der Waals surface area contributed by atoms with Gasteiger partial charge in [0.05, 0.1) is 6.67 Å². The summed E-state index contributed by atoms with van der Waals surface area (Å²) in [5, 5.41) is 4.10. The predicted octanol–water partition coefficient (Wildman–Crippen LogP) is 0.480. The van der Waals surface area contributed by atoms with E-state index in [9.17, 15) is 0 Å². The van der Waals surface area contributed by atoms with E-state index in [2.05, 4.69) is 25.8 Å². The van der Waals surface area contributed by atoms with Crippen LogP contribution in [0.2, 0.25) is 0 Å². The molecule has 0 aromatic rings. The Bertz CT molecular complexity index is 95.5. The van der Waals surface area contributed by atoms with E-state index in [1.54, 1.807) is 0 Å². The zero-order valence-electron chi connectivity index (χ0n) is 7.68. The van der Waals surface area contributed by atoms with Crippen LogP contribution < -0.4 is 5.73 Å². The van der Waals surface area contributed by atoms with Crippen LogP contribution in [0.5, 0.6) is 0 Å². The van der Waals surface area contributed by atoms with Crippen LogP contribution in [0.25, 0.3) is 0 Å². The summed E-state index contributed by atoms with van der Waals surface area (Å²) >= 11 is 0. The van der Waals surface area contributed by atoms with Crippen LogP contribution in [0.4, 0.5) is 0 Å². The molecule has 0 radical (unpaired) electrons. The van der Waals surface area contributed by atoms with Crippen molar-refractivity contribution in [2.45, 2.75) is 26.3 Å². The molecule has 0 spiro atoms. The Kier molecular flexibility index (Phi) is 3.28. The topological polar surface area (TPSA) is 32.5 Å². The van der Waals surface area contributed by atoms with Gasteiger partial charge in [0, 0.05) is 19.6 Å². The minimum Gasteiger partial charge on any atom is -0.317 e. The third-order valence-electron chi connectivity index (χ3n) is 1.75. The molecule has 0 aliphatic heterocycles. The molecule has 2 N–H and O–H groups in total. The van der Waals surface area contributed by atoms with Gasteiger partial charge in [0.15, 0.2) is 0 Å². The van der Waals surface area contributed by atoms with Gasteiger partial charge < -0.3 is 5.73 Å². The molecule has 62 valence electrons. The standard InChI is InChI=1S/C7H19N3/c1-7(2,3)10(5)9(4)6-8/h6,8H2,1-5H3. The fourth-order valence-corrected chi connectivity index (χ4v) is 0.635. The van der Waals surface area contributed by atoms with E-state index < -0.39 is 0 Å². The molecule has 0 amide bonds. The number of hydrogen-bond acceptors (Lipinski definition) is 3. The molecule has 0 aliphatic rings. The summed E-state index contributed by atoms with van der Waals surface area (Å²) in [4.78, 5) is 0. The zero-order valence-corrected chi connectivity index (χ0v) is 7.68. The number of nitrogens with two attached hydrogens (primary N) is 1. The number of rotatable bonds is 2. The lowest BCUT2D eigenvalue weighted by atomic mass is 10.1. The zero-order chi connectivity index (χ0) is 8.36. The molecule has 0 rings (SSSR count). The first-order chi connectivity index (χ1) is 4.39. The first-order valence-electron chi connectivity index (χ1n) is 3.54. The van der Waals surface area contributed by atoms with E-state index in [1.807, 2.05) is 19.1 Å². The van der Waals surface area contributed by atoms with Gasteiger partial charge in [-0.15, -0.1) is 0 Å². The highest BCUT2D eigenvalue weighted by molar-refractivity contribution is 4.69. The van der Waals surface area contributed by atoms with Crippen LogP contribution in [-0.4, -0.2) is 36.3 Å². The lowest BCUT2D eigenvalue weighted by molar-refractivity contribution is -0.0456. The summed E-state index contributed by atoms with van der Waals surface area (Å²) in [5.41, 5.74) is 5.61. The number of nitrogens with zero attached hydrogens (tertiary/aromatic N) is 2. The number of hydrogen-bond donors (Lipinski definition) is 1. The normalized spacial score (nSPS) is 13.2. The van der Waals surface area contributed by atoms with Crippen molar-refractivity contribution in [3.63, 3.8) is 0 Å². The highest BCUT2D eigenvalue weighted by atomic mass is 15.6. The fourth-order valence-electron chi connectivity index (χ4n) is 0.635. The van der Waals surface area contributed by atoms with Gasteiger partial charge in [0.1, 0.15) is 0 Å². The monoisotopic (exact) mass is 145 g/mol. The van der Waals surface area contributed by atoms with E-state index >= 15 is 0 Å². The smallest absolute Gasteiger partial charge is 0.0595 e. The average Bonchev–Trinajstić information content (AvgIpc) is 1.83. The lowest BCUT2D eigenvalue weighted by Crippen LogP contribution is -2.50. The van der Waals surface area contributed by atoms with E-state index in [4.69, 9.17) is 5.73 Å². The second-order valence-electron chi connectivity index (χ2n) is 3.53. The molecule has 10 heavy (non-hydrogen) atoms. The largest absolute Gasteiger partial charge is 0.317 e. The second kappa shape index (κ2) is 3.32. The fraction of sp³-hybridized carbons (Fsp3) is 1.00. The minimum absolute atomic E-state index is 0.161. The molecular weight excluding hydrogens is 126 g/mol. The van der Waals surface area contributed by atoms with Gasteiger partial charge in [-0.2, -0.15) is 0 Å². The molecule has 0 saturated heterocycles. The Hall–Kier alpha value is -0.120. The molecule has 0 atom stereocenters. The van der Waals surface area contributed by atoms with Crippen molar-refractivity contribution in [1.82, 2.24) is 10.0 Å². The van der Waals surface area contributed by atoms with Crippen LogP contribution in [0.15, 0.2) is 0 Å². The van der Waals surface area contributed by atoms with Crippen LogP contribution >= 0.6 is 0 Å². The SMILES string of the molecule is CN(CN)N(C)C(C)(C)C. The maximum absolute atomic E-state index is 5.45. The molecule has 0 aliphatic carbocycles. The summed E-state index contributed by atoms with van der Waals surface area (Å²) in [6.45, 7) is 7.02. The molecular formula is C7H19N3. The second-order valence-corrected chi connectivity index (χ2v) is 3.53. The Morgan fingerprint density at radius 3 is 1.70 bits per heavy atom. The third kappa shape index (κ3) is 2.64. The van der Waals surface area contributed by atoms with Crippen LogP contribution in [0.3, 0.4) is 0 Å². The predicted molar refractivity (Wildman–Crippen MR) is 44.3 cm³/mol. The Morgan fingerprint density at radius 1 is 1.20 bits per heavy atom. The van der Waals surface area contributed by atoms with Crippen molar-refractivity contribution in [3.8, 4) is 0 Å². The van der Waals surface area contributed by atoms with Crippen molar-refractivity contribution in [1.29, 1.82) is 0 Å². The van der Waals surface area contributed by atoms with Gasteiger partial charge in [0.25, 0.3) is 0 Å². The quantitative estimate of drug-likeness (QED) is 0.453. The highest BCUT2D eigenvalue weighted by Gasteiger charge is 2.19. The summed E-state index contributed by atoms with van der Waals surface area (Å²) in [7, 11) is 4.01. The molecule has 0 aromatic carbocycles. The van der Waals surface area contributed by atoms with Gasteiger partial charge in [-0.3, -0.25) is 0 Å². The Balaban J connectivity index is 3.94. The third-order valence-corrected chi connectivity index (χ3v) is 1.75. The highest BCUT2D eigenvalue weighted by Crippen LogP contribution is 2.10. The average molecular weight is 145 g/mol. The first kappa shape index (κ1) is 9.88. The van der Waals surface area contributed by atoms with Crippen LogP contribution in [0.1, 0.15) is 20.8 Å². The van der Waals surface area contributed by atoms with Crippen LogP contribution in [0, 0.1) is 0 Å². The summed E-state index contributed by atoms with van der Waals surface area (Å²) < 4.78 is 0. The van der Waals surface area contributed by atoms with Gasteiger partial charge in [-0.05, 0) is 20.8 Å². The van der Waals surface area contributed by atoms with Crippen molar-refractivity contribution >= 4 is 0 Å². The van der Waals surface area contributed by atoms with E-state index in [0.29, 0.717) is 6.67 Å². The molecule has 0 heterocycles. The van der Waals surface area contributed by atoms with Crippen molar-refractivity contribution in [2.24, 2.45) is 5.73 Å². The van der Waals surface area contributed by atoms with E-state index in [0.717, 1.165) is 0 Å². The molecule has 0 bridgehead atoms. The first-order valence-corrected chi connectivity index (χ1v) is 3.54. The van der Waals surface area contributed by atoms with Gasteiger partial charge in [-0.25, -0.2) is 10.0 Å². The lowest BCUT2D eigenvalue weighted by Gasteiger charge is -2.38. The molecule has 0 fully saturated rings. The Labute approximate surface area is 63.8 Å². The van der Waals surface area contributed by atoms with E-state index in [1.165, 1.54) is 0 Å². The Morgan fingerprint density at radius 2 is 1.60 bits per heavy atom. The van der Waals surface area contributed by atoms with Gasteiger partial charge >= 0.3 is 0 Å². The van der Waals surface area contributed by atoms with Crippen LogP contribution in [-0.2, 0) is 0 Å². The van der Waals surface area contributed by atoms with Crippen molar-refractivity contribution in [2.75, 3.05) is 20.8 Å². The molecule has 0 unspecified atom stereocenters. The molecule has 0 saturated carbocycles. The summed E-state index contributed by atoms with van der Waals surface area (Å²) in [6, 6.07) is 0. The van der Waals surface area contributed by atoms with Gasteiger partial charge in [-0.1, -0.05) is 0 Å². The maximum atomic E-state index is 5.45. The van der Waals surface area contributed by atoms with E-state index in [-0.39, 0.29) is 5.54 Å². The number of hydrazine groups is 1. The van der Waals surface area contributed by atoms with Crippen molar-refractivity contribution in [3.05, 3.63) is 0 Å². The summed E-state index contributed by atoms with van der Waals surface area (Å²) in [5.74, 6) is 0. The van der Waals surface area contributed by atoms with Crippen molar-refractivity contribution < 1.29 is 0 Å². The maximum Gasteiger partial charge on any atom is 0.0595 e. The van der Waals surface area contributed by atoms with Gasteiger partial charge in [0.2, 0.25) is 0 Å². The molecule has 3 nitrogen and oxygen atoms in total. The molecule has 0 aromatic heterocycles.